The van der Waals surface area contributed by atoms with Crippen LogP contribution in [0.1, 0.15) is 56.9 Å². The summed E-state index contributed by atoms with van der Waals surface area (Å²) in [6.45, 7) is 4.10. The van der Waals surface area contributed by atoms with Gasteiger partial charge in [-0.05, 0) is 62.4 Å². The van der Waals surface area contributed by atoms with E-state index in [9.17, 15) is 0 Å². The van der Waals surface area contributed by atoms with Crippen LogP contribution in [0.4, 0.5) is 0 Å². The van der Waals surface area contributed by atoms with Gasteiger partial charge in [-0.25, -0.2) is 0 Å². The summed E-state index contributed by atoms with van der Waals surface area (Å²) < 4.78 is 6.87. The minimum atomic E-state index is 0.737. The van der Waals surface area contributed by atoms with E-state index in [0.29, 0.717) is 0 Å². The topological polar surface area (TPSA) is 21.3 Å². The zero-order chi connectivity index (χ0) is 15.5. The molecule has 1 saturated heterocycles. The molecule has 1 heterocycles. The van der Waals surface area contributed by atoms with Crippen LogP contribution in [0.15, 0.2) is 28.7 Å². The second-order valence-corrected chi connectivity index (χ2v) is 7.36. The molecule has 1 aromatic rings. The number of halogens is 1. The molecule has 1 aliphatic rings. The largest absolute Gasteiger partial charge is 0.377 e. The zero-order valence-corrected chi connectivity index (χ0v) is 15.2. The van der Waals surface area contributed by atoms with Crippen LogP contribution < -0.4 is 5.32 Å². The molecule has 2 rings (SSSR count). The van der Waals surface area contributed by atoms with Crippen molar-refractivity contribution in [2.45, 2.75) is 58.0 Å². The maximum absolute atomic E-state index is 5.75. The predicted octanol–water partition coefficient (Wildman–Crippen LogP) is 5.31. The van der Waals surface area contributed by atoms with Gasteiger partial charge in [0.05, 0.1) is 6.61 Å². The second kappa shape index (κ2) is 11.2. The van der Waals surface area contributed by atoms with E-state index in [1.165, 1.54) is 70.0 Å². The molecule has 124 valence electrons. The van der Waals surface area contributed by atoms with Crippen LogP contribution in [0.25, 0.3) is 0 Å². The number of benzene rings is 1. The van der Waals surface area contributed by atoms with Crippen LogP contribution in [0.3, 0.4) is 0 Å². The lowest BCUT2D eigenvalue weighted by Gasteiger charge is -2.13. The summed E-state index contributed by atoms with van der Waals surface area (Å²) in [5.41, 5.74) is 1.25. The molecule has 0 aliphatic carbocycles. The lowest BCUT2D eigenvalue weighted by Crippen LogP contribution is -2.20. The van der Waals surface area contributed by atoms with Crippen molar-refractivity contribution in [1.82, 2.24) is 5.32 Å². The van der Waals surface area contributed by atoms with Crippen molar-refractivity contribution in [3.63, 3.8) is 0 Å². The molecule has 0 amide bonds. The Morgan fingerprint density at radius 2 is 1.86 bits per heavy atom. The number of hydrogen-bond donors (Lipinski definition) is 1. The molecule has 0 spiro atoms. The summed E-state index contributed by atoms with van der Waals surface area (Å²) in [4.78, 5) is 0. The van der Waals surface area contributed by atoms with Crippen molar-refractivity contribution in [1.29, 1.82) is 0 Å². The van der Waals surface area contributed by atoms with E-state index >= 15 is 0 Å². The second-order valence-electron chi connectivity index (χ2n) is 6.45. The highest BCUT2D eigenvalue weighted by molar-refractivity contribution is 9.10. The molecular weight excluding hydrogens is 338 g/mol. The first-order valence-electron chi connectivity index (χ1n) is 8.87. The Bertz CT molecular complexity index is 385. The van der Waals surface area contributed by atoms with E-state index in [1.807, 2.05) is 0 Å². The van der Waals surface area contributed by atoms with Gasteiger partial charge in [0.15, 0.2) is 0 Å². The van der Waals surface area contributed by atoms with E-state index in [1.54, 1.807) is 0 Å². The normalized spacial score (nSPS) is 19.0. The van der Waals surface area contributed by atoms with E-state index in [2.05, 4.69) is 45.5 Å². The van der Waals surface area contributed by atoms with Gasteiger partial charge in [0.2, 0.25) is 0 Å². The predicted molar refractivity (Wildman–Crippen MR) is 97.1 cm³/mol. The van der Waals surface area contributed by atoms with Crippen molar-refractivity contribution in [2.75, 3.05) is 19.7 Å². The van der Waals surface area contributed by atoms with Gasteiger partial charge in [0.25, 0.3) is 0 Å². The Morgan fingerprint density at radius 1 is 1.05 bits per heavy atom. The highest BCUT2D eigenvalue weighted by Crippen LogP contribution is 2.18. The Labute approximate surface area is 144 Å². The van der Waals surface area contributed by atoms with E-state index in [4.69, 9.17) is 4.74 Å². The number of hydrogen-bond acceptors (Lipinski definition) is 2. The van der Waals surface area contributed by atoms with Crippen molar-refractivity contribution in [3.8, 4) is 0 Å². The van der Waals surface area contributed by atoms with Crippen LogP contribution in [-0.2, 0) is 11.3 Å². The van der Waals surface area contributed by atoms with Crippen LogP contribution in [0, 0.1) is 5.92 Å². The highest BCUT2D eigenvalue weighted by atomic mass is 79.9. The lowest BCUT2D eigenvalue weighted by molar-refractivity contribution is 0.116. The van der Waals surface area contributed by atoms with Crippen molar-refractivity contribution < 1.29 is 4.74 Å². The summed E-state index contributed by atoms with van der Waals surface area (Å²) in [5.74, 6) is 0.927. The van der Waals surface area contributed by atoms with Crippen LogP contribution in [0.5, 0.6) is 0 Å². The molecule has 0 saturated carbocycles. The minimum absolute atomic E-state index is 0.737. The third-order valence-electron chi connectivity index (χ3n) is 4.48. The molecule has 1 fully saturated rings. The first-order valence-corrected chi connectivity index (χ1v) is 9.67. The van der Waals surface area contributed by atoms with Gasteiger partial charge >= 0.3 is 0 Å². The molecule has 1 aliphatic heterocycles. The van der Waals surface area contributed by atoms with Crippen LogP contribution in [0.2, 0.25) is 0 Å². The van der Waals surface area contributed by atoms with E-state index < -0.39 is 0 Å². The molecule has 0 bridgehead atoms. The van der Waals surface area contributed by atoms with Crippen molar-refractivity contribution in [2.24, 2.45) is 5.92 Å². The minimum Gasteiger partial charge on any atom is -0.377 e. The first-order chi connectivity index (χ1) is 10.8. The fourth-order valence-corrected chi connectivity index (χ4v) is 3.36. The Balaban J connectivity index is 1.41. The molecule has 0 aromatic heterocycles. The van der Waals surface area contributed by atoms with Crippen molar-refractivity contribution >= 4 is 15.9 Å². The fourth-order valence-electron chi connectivity index (χ4n) is 3.10. The van der Waals surface area contributed by atoms with Gasteiger partial charge in [-0.1, -0.05) is 53.7 Å². The Hall–Kier alpha value is -0.380. The molecule has 1 aromatic carbocycles. The number of rotatable bonds is 9. The fraction of sp³-hybridized carbons (Fsp3) is 0.684. The van der Waals surface area contributed by atoms with Gasteiger partial charge in [-0.2, -0.15) is 0 Å². The third kappa shape index (κ3) is 7.75. The molecule has 1 N–H and O–H groups in total. The maximum atomic E-state index is 5.75. The standard InChI is InChI=1S/C19H30BrNO/c20-19-11-9-18(10-12-19)16-22-14-6-2-1-3-7-17-8-4-5-13-21-15-17/h9-12,17,21H,1-8,13-16H2. The van der Waals surface area contributed by atoms with Crippen molar-refractivity contribution in [3.05, 3.63) is 34.3 Å². The summed E-state index contributed by atoms with van der Waals surface area (Å²) in [6.07, 6.45) is 10.9. The number of ether oxygens (including phenoxy) is 1. The van der Waals surface area contributed by atoms with Crippen LogP contribution in [-0.4, -0.2) is 19.7 Å². The monoisotopic (exact) mass is 367 g/mol. The average Bonchev–Trinajstić information content (AvgIpc) is 2.80. The first kappa shape index (κ1) is 18.0. The van der Waals surface area contributed by atoms with E-state index in [0.717, 1.165) is 23.6 Å². The van der Waals surface area contributed by atoms with Gasteiger partial charge in [0.1, 0.15) is 0 Å². The summed E-state index contributed by atoms with van der Waals surface area (Å²) in [5, 5.41) is 3.56. The average molecular weight is 368 g/mol. The Kier molecular flexibility index (Phi) is 9.15. The molecule has 0 radical (unpaired) electrons. The number of nitrogens with one attached hydrogen (secondary N) is 1. The maximum Gasteiger partial charge on any atom is 0.0716 e. The van der Waals surface area contributed by atoms with Gasteiger partial charge in [0, 0.05) is 11.1 Å². The molecule has 1 unspecified atom stereocenters. The quantitative estimate of drug-likeness (QED) is 0.597. The molecule has 22 heavy (non-hydrogen) atoms. The number of unbranched alkanes of at least 4 members (excludes halogenated alkanes) is 3. The zero-order valence-electron chi connectivity index (χ0n) is 13.7. The summed E-state index contributed by atoms with van der Waals surface area (Å²) >= 11 is 3.45. The molecular formula is C19H30BrNO. The van der Waals surface area contributed by atoms with E-state index in [-0.39, 0.29) is 0 Å². The van der Waals surface area contributed by atoms with Gasteiger partial charge < -0.3 is 10.1 Å². The smallest absolute Gasteiger partial charge is 0.0716 e. The molecule has 1 atom stereocenters. The highest BCUT2D eigenvalue weighted by Gasteiger charge is 2.10. The summed E-state index contributed by atoms with van der Waals surface area (Å²) in [6, 6.07) is 8.37. The third-order valence-corrected chi connectivity index (χ3v) is 5.01. The molecule has 3 heteroatoms. The summed E-state index contributed by atoms with van der Waals surface area (Å²) in [7, 11) is 0. The van der Waals surface area contributed by atoms with Gasteiger partial charge in [-0.3, -0.25) is 0 Å². The SMILES string of the molecule is Brc1ccc(COCCCCCCC2CCCCNC2)cc1. The van der Waals surface area contributed by atoms with Crippen LogP contribution >= 0.6 is 15.9 Å². The van der Waals surface area contributed by atoms with Gasteiger partial charge in [-0.15, -0.1) is 0 Å². The lowest BCUT2D eigenvalue weighted by atomic mass is 9.96. The Morgan fingerprint density at radius 3 is 2.73 bits per heavy atom. The molecule has 2 nitrogen and oxygen atoms in total.